The quantitative estimate of drug-likeness (QED) is 0.206. The van der Waals surface area contributed by atoms with Crippen molar-refractivity contribution in [2.45, 2.75) is 6.18 Å². The fourth-order valence-electron chi connectivity index (χ4n) is 4.39. The minimum absolute atomic E-state index is 0.476. The minimum atomic E-state index is -4.44. The molecule has 2 N–H and O–H groups in total. The van der Waals surface area contributed by atoms with E-state index in [1.54, 1.807) is 20.3 Å². The molecule has 5 rings (SSSR count). The smallest absolute Gasteiger partial charge is 0.416 e. The molecule has 0 saturated carbocycles. The van der Waals surface area contributed by atoms with Gasteiger partial charge in [0, 0.05) is 22.7 Å². The Morgan fingerprint density at radius 1 is 0.500 bits per heavy atom. The molecule has 7 heteroatoms. The highest BCUT2D eigenvalue weighted by Crippen LogP contribution is 2.38. The first-order chi connectivity index (χ1) is 19.3. The zero-order chi connectivity index (χ0) is 28.1. The first-order valence-corrected chi connectivity index (χ1v) is 12.6. The molecule has 0 atom stereocenters. The maximum Gasteiger partial charge on any atom is 0.416 e. The topological polar surface area (TPSA) is 42.5 Å². The van der Waals surface area contributed by atoms with E-state index in [0.29, 0.717) is 11.1 Å². The van der Waals surface area contributed by atoms with E-state index in [0.717, 1.165) is 51.4 Å². The highest BCUT2D eigenvalue weighted by molar-refractivity contribution is 5.87. The minimum Gasteiger partial charge on any atom is -0.497 e. The molecule has 0 aliphatic rings. The third-order valence-electron chi connectivity index (χ3n) is 6.47. The Morgan fingerprint density at radius 2 is 1.00 bits per heavy atom. The van der Waals surface area contributed by atoms with Crippen molar-refractivity contribution in [1.82, 2.24) is 0 Å². The summed E-state index contributed by atoms with van der Waals surface area (Å²) >= 11 is 0. The summed E-state index contributed by atoms with van der Waals surface area (Å²) in [6.07, 6.45) is -4.44. The third kappa shape index (κ3) is 6.21. The SMILES string of the molecule is COc1ccc(Nc2ccc(-c3ccc(Nc4ccc(OC)cc4)cc3-c3cccc(C(F)(F)F)c3)cc2)cc1. The molecule has 202 valence electrons. The molecule has 4 nitrogen and oxygen atoms in total. The van der Waals surface area contributed by atoms with E-state index in [1.807, 2.05) is 91.0 Å². The molecular formula is C33H27F3N2O2. The van der Waals surface area contributed by atoms with Gasteiger partial charge in [-0.2, -0.15) is 13.2 Å². The van der Waals surface area contributed by atoms with Crippen LogP contribution in [0.5, 0.6) is 11.5 Å². The second kappa shape index (κ2) is 11.5. The van der Waals surface area contributed by atoms with E-state index in [1.165, 1.54) is 12.1 Å². The van der Waals surface area contributed by atoms with E-state index in [2.05, 4.69) is 10.6 Å². The monoisotopic (exact) mass is 540 g/mol. The first kappa shape index (κ1) is 26.7. The fraction of sp³-hybridized carbons (Fsp3) is 0.0909. The molecule has 0 aliphatic heterocycles. The van der Waals surface area contributed by atoms with Gasteiger partial charge in [-0.05, 0) is 107 Å². The third-order valence-corrected chi connectivity index (χ3v) is 6.47. The lowest BCUT2D eigenvalue weighted by molar-refractivity contribution is -0.137. The predicted molar refractivity (Wildman–Crippen MR) is 155 cm³/mol. The normalized spacial score (nSPS) is 11.1. The van der Waals surface area contributed by atoms with Crippen LogP contribution < -0.4 is 20.1 Å². The van der Waals surface area contributed by atoms with Gasteiger partial charge in [0.2, 0.25) is 0 Å². The van der Waals surface area contributed by atoms with Crippen LogP contribution >= 0.6 is 0 Å². The van der Waals surface area contributed by atoms with Crippen molar-refractivity contribution in [2.24, 2.45) is 0 Å². The molecule has 0 saturated heterocycles. The van der Waals surface area contributed by atoms with Gasteiger partial charge in [0.25, 0.3) is 0 Å². The molecule has 0 fully saturated rings. The maximum atomic E-state index is 13.6. The van der Waals surface area contributed by atoms with Crippen molar-refractivity contribution in [3.05, 3.63) is 121 Å². The van der Waals surface area contributed by atoms with Crippen LogP contribution in [0.4, 0.5) is 35.9 Å². The number of hydrogen-bond acceptors (Lipinski definition) is 4. The Kier molecular flexibility index (Phi) is 7.64. The maximum absolute atomic E-state index is 13.6. The number of benzene rings is 5. The lowest BCUT2D eigenvalue weighted by Crippen LogP contribution is -2.04. The second-order valence-electron chi connectivity index (χ2n) is 9.12. The van der Waals surface area contributed by atoms with E-state index < -0.39 is 11.7 Å². The summed E-state index contributed by atoms with van der Waals surface area (Å²) in [5.41, 5.74) is 5.53. The molecular weight excluding hydrogens is 513 g/mol. The average molecular weight is 541 g/mol. The van der Waals surface area contributed by atoms with Crippen LogP contribution in [0.15, 0.2) is 115 Å². The highest BCUT2D eigenvalue weighted by Gasteiger charge is 2.30. The van der Waals surface area contributed by atoms with Crippen molar-refractivity contribution < 1.29 is 22.6 Å². The molecule has 5 aromatic rings. The van der Waals surface area contributed by atoms with Crippen molar-refractivity contribution in [2.75, 3.05) is 24.9 Å². The van der Waals surface area contributed by atoms with Gasteiger partial charge in [0.1, 0.15) is 11.5 Å². The number of ether oxygens (including phenoxy) is 2. The van der Waals surface area contributed by atoms with Crippen LogP contribution in [0.2, 0.25) is 0 Å². The number of hydrogen-bond donors (Lipinski definition) is 2. The summed E-state index contributed by atoms with van der Waals surface area (Å²) in [6.45, 7) is 0. The lowest BCUT2D eigenvalue weighted by Gasteiger charge is -2.16. The van der Waals surface area contributed by atoms with Gasteiger partial charge in [-0.3, -0.25) is 0 Å². The van der Waals surface area contributed by atoms with Gasteiger partial charge >= 0.3 is 6.18 Å². The Bertz CT molecular complexity index is 1580. The largest absolute Gasteiger partial charge is 0.497 e. The Morgan fingerprint density at radius 3 is 1.52 bits per heavy atom. The van der Waals surface area contributed by atoms with Crippen LogP contribution in [0.3, 0.4) is 0 Å². The van der Waals surface area contributed by atoms with E-state index in [-0.39, 0.29) is 0 Å². The fourth-order valence-corrected chi connectivity index (χ4v) is 4.39. The van der Waals surface area contributed by atoms with Crippen molar-refractivity contribution in [3.8, 4) is 33.8 Å². The van der Waals surface area contributed by atoms with Gasteiger partial charge in [-0.25, -0.2) is 0 Å². The summed E-state index contributed by atoms with van der Waals surface area (Å²) in [6, 6.07) is 34.0. The average Bonchev–Trinajstić information content (AvgIpc) is 2.98. The summed E-state index contributed by atoms with van der Waals surface area (Å²) < 4.78 is 51.1. The van der Waals surface area contributed by atoms with Gasteiger partial charge in [0.15, 0.2) is 0 Å². The molecule has 0 amide bonds. The molecule has 5 aromatic carbocycles. The summed E-state index contributed by atoms with van der Waals surface area (Å²) in [7, 11) is 3.22. The molecule has 0 heterocycles. The molecule has 0 spiro atoms. The Labute approximate surface area is 231 Å². The van der Waals surface area contributed by atoms with Crippen molar-refractivity contribution in [1.29, 1.82) is 0 Å². The van der Waals surface area contributed by atoms with Gasteiger partial charge in [-0.15, -0.1) is 0 Å². The predicted octanol–water partition coefficient (Wildman–Crippen LogP) is 9.54. The number of nitrogens with one attached hydrogen (secondary N) is 2. The van der Waals surface area contributed by atoms with Crippen molar-refractivity contribution in [3.63, 3.8) is 0 Å². The number of alkyl halides is 3. The van der Waals surface area contributed by atoms with Gasteiger partial charge in [0.05, 0.1) is 19.8 Å². The van der Waals surface area contributed by atoms with Crippen LogP contribution in [0.1, 0.15) is 5.56 Å². The summed E-state index contributed by atoms with van der Waals surface area (Å²) in [5.74, 6) is 1.50. The lowest BCUT2D eigenvalue weighted by atomic mass is 9.93. The van der Waals surface area contributed by atoms with E-state index >= 15 is 0 Å². The Balaban J connectivity index is 1.49. The molecule has 40 heavy (non-hydrogen) atoms. The van der Waals surface area contributed by atoms with Gasteiger partial charge < -0.3 is 20.1 Å². The van der Waals surface area contributed by atoms with Crippen LogP contribution in [-0.4, -0.2) is 14.2 Å². The van der Waals surface area contributed by atoms with Crippen LogP contribution in [0.25, 0.3) is 22.3 Å². The molecule has 0 radical (unpaired) electrons. The zero-order valence-electron chi connectivity index (χ0n) is 21.9. The van der Waals surface area contributed by atoms with E-state index in [9.17, 15) is 13.2 Å². The highest BCUT2D eigenvalue weighted by atomic mass is 19.4. The molecule has 0 unspecified atom stereocenters. The number of methoxy groups -OCH3 is 2. The van der Waals surface area contributed by atoms with Crippen molar-refractivity contribution >= 4 is 22.7 Å². The number of rotatable bonds is 8. The number of anilines is 4. The second-order valence-corrected chi connectivity index (χ2v) is 9.12. The molecule has 0 aromatic heterocycles. The molecule has 0 bridgehead atoms. The van der Waals surface area contributed by atoms with Crippen LogP contribution in [-0.2, 0) is 6.18 Å². The standard InChI is InChI=1S/C33H27F3N2O2/c1-39-29-15-10-26(11-16-29)37-25-8-6-22(7-9-25)31-19-14-28(38-27-12-17-30(40-2)18-13-27)21-32(31)23-4-3-5-24(20-23)33(34,35)36/h3-21,37-38H,1-2H3. The zero-order valence-corrected chi connectivity index (χ0v) is 21.9. The summed E-state index contributed by atoms with van der Waals surface area (Å²) in [5, 5.41) is 6.69. The first-order valence-electron chi connectivity index (χ1n) is 12.6. The van der Waals surface area contributed by atoms with E-state index in [4.69, 9.17) is 9.47 Å². The molecule has 0 aliphatic carbocycles. The Hall–Kier alpha value is -4.91. The van der Waals surface area contributed by atoms with Crippen LogP contribution in [0, 0.1) is 0 Å². The number of halogens is 3. The summed E-state index contributed by atoms with van der Waals surface area (Å²) in [4.78, 5) is 0. The van der Waals surface area contributed by atoms with Gasteiger partial charge in [-0.1, -0.05) is 30.3 Å².